The van der Waals surface area contributed by atoms with Gasteiger partial charge in [0.25, 0.3) is 0 Å². The molecule has 106 valence electrons. The third-order valence-corrected chi connectivity index (χ3v) is 4.66. The zero-order valence-electron chi connectivity index (χ0n) is 11.4. The van der Waals surface area contributed by atoms with Crippen LogP contribution in [0.4, 0.5) is 0 Å². The van der Waals surface area contributed by atoms with Gasteiger partial charge < -0.3 is 20.0 Å². The minimum Gasteiger partial charge on any atom is -0.396 e. The number of likely N-dealkylation sites (tertiary alicyclic amines) is 2. The number of hydrogen-bond donors (Lipinski definition) is 2. The predicted molar refractivity (Wildman–Crippen MR) is 72.5 cm³/mol. The Bertz CT molecular complexity index is 198. The molecule has 2 aliphatic heterocycles. The molecule has 18 heavy (non-hydrogen) atoms. The van der Waals surface area contributed by atoms with Gasteiger partial charge in [0.2, 0.25) is 0 Å². The van der Waals surface area contributed by atoms with E-state index in [0.717, 1.165) is 51.9 Å². The van der Waals surface area contributed by atoms with Gasteiger partial charge in [-0.2, -0.15) is 0 Å². The summed E-state index contributed by atoms with van der Waals surface area (Å²) < 4.78 is 0. The first-order chi connectivity index (χ1) is 8.81. The summed E-state index contributed by atoms with van der Waals surface area (Å²) in [5.74, 6) is 1.09. The maximum atomic E-state index is 9.11. The van der Waals surface area contributed by atoms with Crippen LogP contribution in [0, 0.1) is 11.8 Å². The molecular weight excluding hydrogens is 228 g/mol. The molecule has 4 heteroatoms. The van der Waals surface area contributed by atoms with Crippen LogP contribution in [-0.4, -0.2) is 72.5 Å². The van der Waals surface area contributed by atoms with Crippen LogP contribution in [0.2, 0.25) is 0 Å². The van der Waals surface area contributed by atoms with Gasteiger partial charge >= 0.3 is 0 Å². The van der Waals surface area contributed by atoms with Gasteiger partial charge in [0.1, 0.15) is 0 Å². The lowest BCUT2D eigenvalue weighted by Crippen LogP contribution is -2.42. The lowest BCUT2D eigenvalue weighted by Gasteiger charge is -2.35. The van der Waals surface area contributed by atoms with Crippen molar-refractivity contribution in [2.75, 3.05) is 52.5 Å². The Labute approximate surface area is 111 Å². The van der Waals surface area contributed by atoms with E-state index in [4.69, 9.17) is 10.2 Å². The summed E-state index contributed by atoms with van der Waals surface area (Å²) in [6.07, 6.45) is 4.62. The first-order valence-electron chi connectivity index (χ1n) is 7.48. The van der Waals surface area contributed by atoms with Crippen molar-refractivity contribution in [2.45, 2.75) is 25.7 Å². The molecule has 0 unspecified atom stereocenters. The second kappa shape index (κ2) is 7.43. The van der Waals surface area contributed by atoms with Crippen LogP contribution >= 0.6 is 0 Å². The molecule has 0 saturated carbocycles. The average Bonchev–Trinajstić information content (AvgIpc) is 2.46. The predicted octanol–water partition coefficient (Wildman–Crippen LogP) is 0.395. The Kier molecular flexibility index (Phi) is 5.89. The Hall–Kier alpha value is -0.160. The summed E-state index contributed by atoms with van der Waals surface area (Å²) in [5, 5.41) is 18.2. The van der Waals surface area contributed by atoms with E-state index in [1.165, 1.54) is 13.1 Å². The third kappa shape index (κ3) is 4.19. The average molecular weight is 256 g/mol. The molecule has 0 aromatic carbocycles. The minimum absolute atomic E-state index is 0.364. The molecule has 2 fully saturated rings. The second-order valence-corrected chi connectivity index (χ2v) is 5.94. The minimum atomic E-state index is 0.364. The monoisotopic (exact) mass is 256 g/mol. The van der Waals surface area contributed by atoms with Crippen molar-refractivity contribution in [1.29, 1.82) is 0 Å². The van der Waals surface area contributed by atoms with E-state index in [2.05, 4.69) is 9.80 Å². The van der Waals surface area contributed by atoms with Crippen molar-refractivity contribution in [3.8, 4) is 0 Å². The smallest absolute Gasteiger partial charge is 0.0460 e. The Balaban J connectivity index is 1.58. The van der Waals surface area contributed by atoms with Gasteiger partial charge in [-0.3, -0.25) is 0 Å². The first-order valence-corrected chi connectivity index (χ1v) is 7.48. The van der Waals surface area contributed by atoms with Gasteiger partial charge in [-0.25, -0.2) is 0 Å². The molecule has 2 heterocycles. The molecule has 0 atom stereocenters. The zero-order valence-corrected chi connectivity index (χ0v) is 11.4. The highest BCUT2D eigenvalue weighted by Gasteiger charge is 2.21. The molecule has 2 aliphatic rings. The van der Waals surface area contributed by atoms with Gasteiger partial charge in [-0.15, -0.1) is 0 Å². The summed E-state index contributed by atoms with van der Waals surface area (Å²) >= 11 is 0. The van der Waals surface area contributed by atoms with Gasteiger partial charge in [0, 0.05) is 26.3 Å². The molecule has 2 saturated heterocycles. The highest BCUT2D eigenvalue weighted by molar-refractivity contribution is 4.75. The van der Waals surface area contributed by atoms with E-state index in [1.54, 1.807) is 0 Å². The molecule has 0 bridgehead atoms. The fourth-order valence-electron chi connectivity index (χ4n) is 3.07. The molecule has 0 aliphatic carbocycles. The lowest BCUT2D eigenvalue weighted by atomic mass is 9.97. The number of nitrogens with zero attached hydrogens (tertiary/aromatic N) is 2. The molecule has 0 amide bonds. The van der Waals surface area contributed by atoms with Crippen LogP contribution in [0.15, 0.2) is 0 Å². The van der Waals surface area contributed by atoms with Gasteiger partial charge in [-0.05, 0) is 63.7 Å². The number of piperidine rings is 2. The highest BCUT2D eigenvalue weighted by Crippen LogP contribution is 2.18. The third-order valence-electron chi connectivity index (χ3n) is 4.66. The molecule has 0 aromatic rings. The molecule has 0 aromatic heterocycles. The quantitative estimate of drug-likeness (QED) is 0.747. The van der Waals surface area contributed by atoms with Crippen molar-refractivity contribution in [1.82, 2.24) is 9.80 Å². The molecular formula is C14H28N2O2. The summed E-state index contributed by atoms with van der Waals surface area (Å²) in [5.41, 5.74) is 0. The molecule has 2 rings (SSSR count). The van der Waals surface area contributed by atoms with Crippen molar-refractivity contribution in [3.63, 3.8) is 0 Å². The van der Waals surface area contributed by atoms with Crippen LogP contribution in [0.5, 0.6) is 0 Å². The van der Waals surface area contributed by atoms with E-state index in [-0.39, 0.29) is 0 Å². The van der Waals surface area contributed by atoms with Crippen molar-refractivity contribution in [3.05, 3.63) is 0 Å². The fraction of sp³-hybridized carbons (Fsp3) is 1.00. The van der Waals surface area contributed by atoms with Gasteiger partial charge in [-0.1, -0.05) is 0 Å². The summed E-state index contributed by atoms with van der Waals surface area (Å²) in [6.45, 7) is 7.67. The standard InChI is InChI=1S/C14H28N2O2/c17-11-13-1-5-15(6-2-13)9-10-16-7-3-14(12-18)4-8-16/h13-14,17-18H,1-12H2. The van der Waals surface area contributed by atoms with Crippen LogP contribution in [0.3, 0.4) is 0 Å². The Morgan fingerprint density at radius 1 is 0.667 bits per heavy atom. The van der Waals surface area contributed by atoms with Gasteiger partial charge in [0.15, 0.2) is 0 Å². The van der Waals surface area contributed by atoms with E-state index < -0.39 is 0 Å². The summed E-state index contributed by atoms with van der Waals surface area (Å²) in [6, 6.07) is 0. The Morgan fingerprint density at radius 3 is 1.28 bits per heavy atom. The molecule has 2 N–H and O–H groups in total. The maximum absolute atomic E-state index is 9.11. The van der Waals surface area contributed by atoms with Crippen molar-refractivity contribution < 1.29 is 10.2 Å². The SMILES string of the molecule is OCC1CCN(CCN2CCC(CO)CC2)CC1. The van der Waals surface area contributed by atoms with E-state index in [9.17, 15) is 0 Å². The lowest BCUT2D eigenvalue weighted by molar-refractivity contribution is 0.0991. The zero-order chi connectivity index (χ0) is 12.8. The van der Waals surface area contributed by atoms with Crippen LogP contribution in [0.1, 0.15) is 25.7 Å². The van der Waals surface area contributed by atoms with Crippen LogP contribution in [-0.2, 0) is 0 Å². The van der Waals surface area contributed by atoms with E-state index in [1.807, 2.05) is 0 Å². The normalized spacial score (nSPS) is 25.7. The number of rotatable bonds is 5. The number of aliphatic hydroxyl groups is 2. The highest BCUT2D eigenvalue weighted by atomic mass is 16.3. The maximum Gasteiger partial charge on any atom is 0.0460 e. The van der Waals surface area contributed by atoms with Crippen molar-refractivity contribution >= 4 is 0 Å². The number of hydrogen-bond acceptors (Lipinski definition) is 4. The topological polar surface area (TPSA) is 46.9 Å². The molecule has 4 nitrogen and oxygen atoms in total. The summed E-state index contributed by atoms with van der Waals surface area (Å²) in [4.78, 5) is 5.06. The Morgan fingerprint density at radius 2 is 1.00 bits per heavy atom. The molecule has 0 spiro atoms. The van der Waals surface area contributed by atoms with E-state index >= 15 is 0 Å². The first kappa shape index (κ1) is 14.3. The van der Waals surface area contributed by atoms with Gasteiger partial charge in [0.05, 0.1) is 0 Å². The fourth-order valence-corrected chi connectivity index (χ4v) is 3.07. The molecule has 0 radical (unpaired) electrons. The van der Waals surface area contributed by atoms with Crippen LogP contribution in [0.25, 0.3) is 0 Å². The second-order valence-electron chi connectivity index (χ2n) is 5.94. The van der Waals surface area contributed by atoms with Crippen molar-refractivity contribution in [2.24, 2.45) is 11.8 Å². The largest absolute Gasteiger partial charge is 0.396 e. The van der Waals surface area contributed by atoms with Crippen LogP contribution < -0.4 is 0 Å². The number of aliphatic hydroxyl groups excluding tert-OH is 2. The summed E-state index contributed by atoms with van der Waals surface area (Å²) in [7, 11) is 0. The van der Waals surface area contributed by atoms with E-state index in [0.29, 0.717) is 25.0 Å².